The van der Waals surface area contributed by atoms with Crippen molar-refractivity contribution in [3.63, 3.8) is 0 Å². The van der Waals surface area contributed by atoms with Crippen LogP contribution in [0.15, 0.2) is 18.2 Å². The van der Waals surface area contributed by atoms with Gasteiger partial charge < -0.3 is 0 Å². The van der Waals surface area contributed by atoms with E-state index in [1.54, 1.807) is 12.1 Å². The largest absolute Gasteiger partial charge is 0.205 e. The lowest BCUT2D eigenvalue weighted by molar-refractivity contribution is 0.627. The minimum Gasteiger partial charge on any atom is -0.205 e. The van der Waals surface area contributed by atoms with Crippen molar-refractivity contribution in [3.05, 3.63) is 34.6 Å². The fraction of sp³-hybridized carbons (Fsp3) is 0.300. The number of nitriles is 1. The van der Waals surface area contributed by atoms with Gasteiger partial charge in [-0.15, -0.1) is 0 Å². The Morgan fingerprint density at radius 3 is 2.85 bits per heavy atom. The Kier molecular flexibility index (Phi) is 1.97. The van der Waals surface area contributed by atoms with E-state index in [2.05, 4.69) is 6.07 Å². The van der Waals surface area contributed by atoms with Crippen molar-refractivity contribution >= 4 is 11.6 Å². The molecule has 2 rings (SSSR count). The standard InChI is InChI=1S/C10H7ClFN/c11-9-4-6(1-2-10(9)12)8-3-7(8)5-13/h1-2,4,7-8H,3H2. The SMILES string of the molecule is N#CC1CC1c1ccc(F)c(Cl)c1. The van der Waals surface area contributed by atoms with Gasteiger partial charge in [0.05, 0.1) is 17.0 Å². The molecule has 1 saturated carbocycles. The molecule has 1 nitrogen and oxygen atoms in total. The average Bonchev–Trinajstić information content (AvgIpc) is 2.88. The Balaban J connectivity index is 2.25. The van der Waals surface area contributed by atoms with Gasteiger partial charge >= 0.3 is 0 Å². The van der Waals surface area contributed by atoms with Crippen LogP contribution in [0.2, 0.25) is 5.02 Å². The molecule has 1 aliphatic rings. The van der Waals surface area contributed by atoms with E-state index in [4.69, 9.17) is 16.9 Å². The fourth-order valence-corrected chi connectivity index (χ4v) is 1.64. The summed E-state index contributed by atoms with van der Waals surface area (Å²) >= 11 is 5.62. The highest BCUT2D eigenvalue weighted by Gasteiger charge is 2.38. The first kappa shape index (κ1) is 8.52. The third-order valence-electron chi connectivity index (χ3n) is 2.33. The first-order valence-corrected chi connectivity index (χ1v) is 4.44. The van der Waals surface area contributed by atoms with Gasteiger partial charge in [0.1, 0.15) is 5.82 Å². The Bertz CT molecular complexity index is 383. The summed E-state index contributed by atoms with van der Waals surface area (Å²) in [6.45, 7) is 0. The highest BCUT2D eigenvalue weighted by molar-refractivity contribution is 6.30. The predicted octanol–water partition coefficient (Wildman–Crippen LogP) is 3.11. The summed E-state index contributed by atoms with van der Waals surface area (Å²) in [6, 6.07) is 6.84. The summed E-state index contributed by atoms with van der Waals surface area (Å²) in [4.78, 5) is 0. The molecule has 0 spiro atoms. The highest BCUT2D eigenvalue weighted by atomic mass is 35.5. The molecule has 0 saturated heterocycles. The number of halogens is 2. The lowest BCUT2D eigenvalue weighted by atomic mass is 10.1. The summed E-state index contributed by atoms with van der Waals surface area (Å²) in [5.74, 6) is -0.0378. The van der Waals surface area contributed by atoms with Crippen molar-refractivity contribution in [1.29, 1.82) is 5.26 Å². The van der Waals surface area contributed by atoms with Crippen LogP contribution in [0.4, 0.5) is 4.39 Å². The van der Waals surface area contributed by atoms with Crippen LogP contribution in [0, 0.1) is 23.1 Å². The normalized spacial score (nSPS) is 25.3. The van der Waals surface area contributed by atoms with Crippen LogP contribution >= 0.6 is 11.6 Å². The molecule has 1 aromatic rings. The summed E-state index contributed by atoms with van der Waals surface area (Å²) in [5.41, 5.74) is 0.970. The second kappa shape index (κ2) is 3.01. The van der Waals surface area contributed by atoms with E-state index >= 15 is 0 Å². The zero-order chi connectivity index (χ0) is 9.42. The second-order valence-electron chi connectivity index (χ2n) is 3.25. The molecule has 2 unspecified atom stereocenters. The lowest BCUT2D eigenvalue weighted by Crippen LogP contribution is -1.84. The first-order valence-electron chi connectivity index (χ1n) is 4.07. The Morgan fingerprint density at radius 1 is 1.54 bits per heavy atom. The van der Waals surface area contributed by atoms with Crippen LogP contribution in [0.1, 0.15) is 17.9 Å². The summed E-state index contributed by atoms with van der Waals surface area (Å²) in [6.07, 6.45) is 0.873. The molecule has 2 atom stereocenters. The first-order chi connectivity index (χ1) is 6.22. The van der Waals surface area contributed by atoms with Gasteiger partial charge in [0.15, 0.2) is 0 Å². The van der Waals surface area contributed by atoms with Crippen LogP contribution in [0.3, 0.4) is 0 Å². The van der Waals surface area contributed by atoms with Gasteiger partial charge in [-0.05, 0) is 24.1 Å². The van der Waals surface area contributed by atoms with Gasteiger partial charge in [-0.25, -0.2) is 4.39 Å². The molecule has 0 aromatic heterocycles. The molecular weight excluding hydrogens is 189 g/mol. The quantitative estimate of drug-likeness (QED) is 0.676. The predicted molar refractivity (Wildman–Crippen MR) is 47.9 cm³/mol. The molecule has 13 heavy (non-hydrogen) atoms. The third-order valence-corrected chi connectivity index (χ3v) is 2.62. The molecule has 0 aliphatic heterocycles. The van der Waals surface area contributed by atoms with Crippen molar-refractivity contribution in [2.24, 2.45) is 5.92 Å². The van der Waals surface area contributed by atoms with Gasteiger partial charge in [0, 0.05) is 5.92 Å². The van der Waals surface area contributed by atoms with Crippen molar-refractivity contribution in [3.8, 4) is 6.07 Å². The van der Waals surface area contributed by atoms with E-state index in [9.17, 15) is 4.39 Å². The lowest BCUT2D eigenvalue weighted by Gasteiger charge is -1.99. The molecule has 0 heterocycles. The van der Waals surface area contributed by atoms with Gasteiger partial charge in [-0.1, -0.05) is 17.7 Å². The van der Waals surface area contributed by atoms with Crippen LogP contribution < -0.4 is 0 Å². The summed E-state index contributed by atoms with van der Waals surface area (Å²) < 4.78 is 12.8. The summed E-state index contributed by atoms with van der Waals surface area (Å²) in [7, 11) is 0. The Morgan fingerprint density at radius 2 is 2.31 bits per heavy atom. The van der Waals surface area contributed by atoms with Crippen molar-refractivity contribution in [2.75, 3.05) is 0 Å². The number of hydrogen-bond donors (Lipinski definition) is 0. The van der Waals surface area contributed by atoms with Gasteiger partial charge in [0.25, 0.3) is 0 Å². The zero-order valence-electron chi connectivity index (χ0n) is 6.80. The Hall–Kier alpha value is -1.07. The van der Waals surface area contributed by atoms with Crippen LogP contribution in [0.25, 0.3) is 0 Å². The number of benzene rings is 1. The Labute approximate surface area is 80.7 Å². The minimum atomic E-state index is -0.403. The fourth-order valence-electron chi connectivity index (χ4n) is 1.45. The van der Waals surface area contributed by atoms with Crippen molar-refractivity contribution in [2.45, 2.75) is 12.3 Å². The molecule has 0 radical (unpaired) electrons. The van der Waals surface area contributed by atoms with Crippen LogP contribution in [0.5, 0.6) is 0 Å². The maximum Gasteiger partial charge on any atom is 0.141 e. The monoisotopic (exact) mass is 195 g/mol. The van der Waals surface area contributed by atoms with E-state index in [0.29, 0.717) is 0 Å². The van der Waals surface area contributed by atoms with Gasteiger partial charge in [0.2, 0.25) is 0 Å². The van der Waals surface area contributed by atoms with Crippen molar-refractivity contribution in [1.82, 2.24) is 0 Å². The van der Waals surface area contributed by atoms with Gasteiger partial charge in [-0.2, -0.15) is 5.26 Å². The van der Waals surface area contributed by atoms with Crippen LogP contribution in [-0.2, 0) is 0 Å². The smallest absolute Gasteiger partial charge is 0.141 e. The second-order valence-corrected chi connectivity index (χ2v) is 3.66. The highest BCUT2D eigenvalue weighted by Crippen LogP contribution is 2.47. The minimum absolute atomic E-state index is 0.0986. The molecule has 1 fully saturated rings. The van der Waals surface area contributed by atoms with E-state index in [1.807, 2.05) is 0 Å². The number of hydrogen-bond acceptors (Lipinski definition) is 1. The average molecular weight is 196 g/mol. The molecule has 0 bridgehead atoms. The molecule has 1 aliphatic carbocycles. The molecule has 0 N–H and O–H groups in total. The molecule has 66 valence electrons. The zero-order valence-corrected chi connectivity index (χ0v) is 7.55. The molecular formula is C10H7ClFN. The van der Waals surface area contributed by atoms with Crippen LogP contribution in [-0.4, -0.2) is 0 Å². The molecule has 1 aromatic carbocycles. The topological polar surface area (TPSA) is 23.8 Å². The molecule has 0 amide bonds. The van der Waals surface area contributed by atoms with Crippen molar-refractivity contribution < 1.29 is 4.39 Å². The van der Waals surface area contributed by atoms with E-state index in [0.717, 1.165) is 12.0 Å². The van der Waals surface area contributed by atoms with E-state index in [1.165, 1.54) is 6.07 Å². The number of rotatable bonds is 1. The van der Waals surface area contributed by atoms with E-state index < -0.39 is 5.82 Å². The third kappa shape index (κ3) is 1.52. The molecule has 3 heteroatoms. The summed E-state index contributed by atoms with van der Waals surface area (Å²) in [5, 5.41) is 8.74. The number of nitrogens with zero attached hydrogens (tertiary/aromatic N) is 1. The maximum atomic E-state index is 12.8. The van der Waals surface area contributed by atoms with Gasteiger partial charge in [-0.3, -0.25) is 0 Å². The van der Waals surface area contributed by atoms with E-state index in [-0.39, 0.29) is 16.9 Å². The maximum absolute atomic E-state index is 12.8.